The molecule has 20 nitrogen and oxygen atoms in total. The lowest BCUT2D eigenvalue weighted by Gasteiger charge is -2.16. The fraction of sp³-hybridized carbons (Fsp3) is 0.591. The maximum atomic E-state index is 13.1. The lowest BCUT2D eigenvalue weighted by atomic mass is 10.0. The summed E-state index contributed by atoms with van der Waals surface area (Å²) in [4.78, 5) is 97.4. The lowest BCUT2D eigenvalue weighted by molar-refractivity contribution is -0.385. The van der Waals surface area contributed by atoms with Gasteiger partial charge >= 0.3 is 12.1 Å². The van der Waals surface area contributed by atoms with E-state index in [4.69, 9.17) is 0 Å². The predicted octanol–water partition coefficient (Wildman–Crippen LogP) is 5.79. The van der Waals surface area contributed by atoms with E-state index in [2.05, 4.69) is 42.5 Å². The molecule has 68 heavy (non-hydrogen) atoms. The molecule has 24 heteroatoms. The van der Waals surface area contributed by atoms with Gasteiger partial charge in [0.15, 0.2) is 0 Å². The molecule has 4 saturated heterocycles. The van der Waals surface area contributed by atoms with Crippen LogP contribution in [0.1, 0.15) is 111 Å². The quantitative estimate of drug-likeness (QED) is 0.0158. The second-order valence-corrected chi connectivity index (χ2v) is 21.9. The molecule has 0 aromatic heterocycles. The van der Waals surface area contributed by atoms with E-state index in [-0.39, 0.29) is 83.6 Å². The summed E-state index contributed by atoms with van der Waals surface area (Å²) in [5.41, 5.74) is -0.936. The van der Waals surface area contributed by atoms with Crippen molar-refractivity contribution in [2.75, 3.05) is 37.7 Å². The summed E-state index contributed by atoms with van der Waals surface area (Å²) in [6, 6.07) is 8.85. The normalized spacial score (nSPS) is 21.1. The number of carbonyl (C=O) groups excluding carboxylic acids is 6. The molecule has 0 aliphatic carbocycles. The number of hydrogen-bond donors (Lipinski definition) is 8. The number of carbonyl (C=O) groups is 6. The molecule has 0 unspecified atom stereocenters. The summed E-state index contributed by atoms with van der Waals surface area (Å²) in [5, 5.41) is 47.6. The van der Waals surface area contributed by atoms with Crippen LogP contribution in [0.4, 0.5) is 21.0 Å². The Kier molecular flexibility index (Phi) is 20.6. The number of fused-ring (bicyclic) bond motifs is 2. The third-order valence-corrected chi connectivity index (χ3v) is 17.5. The number of urea groups is 2. The van der Waals surface area contributed by atoms with Gasteiger partial charge in [0, 0.05) is 82.9 Å². The van der Waals surface area contributed by atoms with Gasteiger partial charge < -0.3 is 42.5 Å². The number of amides is 8. The van der Waals surface area contributed by atoms with Gasteiger partial charge in [0.2, 0.25) is 11.8 Å². The molecule has 4 aliphatic rings. The highest BCUT2D eigenvalue weighted by Crippen LogP contribution is 2.40. The van der Waals surface area contributed by atoms with E-state index >= 15 is 0 Å². The van der Waals surface area contributed by atoms with E-state index in [1.807, 2.05) is 23.5 Å². The van der Waals surface area contributed by atoms with Gasteiger partial charge in [-0.1, -0.05) is 34.4 Å². The van der Waals surface area contributed by atoms with E-state index in [0.29, 0.717) is 71.9 Å². The van der Waals surface area contributed by atoms with Crippen molar-refractivity contribution >= 4 is 92.2 Å². The van der Waals surface area contributed by atoms with Crippen molar-refractivity contribution in [1.29, 1.82) is 0 Å². The minimum Gasteiger partial charge on any atom is -0.356 e. The van der Waals surface area contributed by atoms with Crippen LogP contribution in [-0.2, 0) is 9.59 Å². The summed E-state index contributed by atoms with van der Waals surface area (Å²) in [6.07, 6.45) is 10.2. The second kappa shape index (κ2) is 26.7. The molecule has 6 atom stereocenters. The highest BCUT2D eigenvalue weighted by molar-refractivity contribution is 8.76. The number of nitro benzene ring substituents is 2. The number of hydrogen-bond acceptors (Lipinski definition) is 14. The molecule has 2 aromatic rings. The lowest BCUT2D eigenvalue weighted by Crippen LogP contribution is -2.36. The molecule has 0 radical (unpaired) electrons. The van der Waals surface area contributed by atoms with Crippen LogP contribution < -0.4 is 42.5 Å². The number of unbranched alkanes of at least 4 members (excludes halogenated alkanes) is 6. The first-order valence-electron chi connectivity index (χ1n) is 23.2. The van der Waals surface area contributed by atoms with Crippen LogP contribution >= 0.6 is 45.1 Å². The predicted molar refractivity (Wildman–Crippen MR) is 264 cm³/mol. The zero-order valence-electron chi connectivity index (χ0n) is 37.7. The molecule has 0 bridgehead atoms. The molecule has 2 aromatic carbocycles. The first-order chi connectivity index (χ1) is 32.9. The molecule has 4 aliphatic heterocycles. The van der Waals surface area contributed by atoms with Crippen molar-refractivity contribution in [3.05, 3.63) is 67.8 Å². The standard InChI is InChI=1S/C44H60N10O10S4/c55-37(13-5-3-11-35-39-31(25-65-35)49-43(59)51-39)45-19-7-1-9-21-47-41(57)29-23-27(15-17-33(29)53(61)62)67-68-28-16-18-34(54(63)64)30(24-28)42(58)48-22-10-2-8-20-46-38(56)14-6-4-12-36-40-32(26-66-36)50-44(60)52-40/h15-18,23-24,31-32,35-36,39-40H,1-14,19-22,25-26H2,(H,45,55)(H,46,56)(H,47,57)(H,48,58)(H2,49,51,59)(H2,50,52,60)/t31-,32-,35-,36-,39-,40-/m0/s1. The third-order valence-electron chi connectivity index (χ3n) is 12.1. The summed E-state index contributed by atoms with van der Waals surface area (Å²) in [5.74, 6) is 0.591. The number of nitrogens with one attached hydrogen (secondary N) is 8. The van der Waals surface area contributed by atoms with Gasteiger partial charge in [-0.25, -0.2) is 9.59 Å². The molecule has 8 amide bonds. The monoisotopic (exact) mass is 1020 g/mol. The second-order valence-electron chi connectivity index (χ2n) is 17.1. The van der Waals surface area contributed by atoms with Crippen LogP contribution in [-0.4, -0.2) is 118 Å². The Labute approximate surface area is 411 Å². The number of benzene rings is 2. The van der Waals surface area contributed by atoms with Crippen molar-refractivity contribution in [1.82, 2.24) is 42.5 Å². The number of thioether (sulfide) groups is 2. The Morgan fingerprint density at radius 3 is 1.35 bits per heavy atom. The Balaban J connectivity index is 0.836. The Bertz CT molecular complexity index is 2010. The maximum Gasteiger partial charge on any atom is 0.315 e. The van der Waals surface area contributed by atoms with Gasteiger partial charge in [-0.15, -0.1) is 0 Å². The van der Waals surface area contributed by atoms with E-state index in [0.717, 1.165) is 62.9 Å². The summed E-state index contributed by atoms with van der Waals surface area (Å²) >= 11 is 3.72. The van der Waals surface area contributed by atoms with Gasteiger partial charge in [0.05, 0.1) is 34.0 Å². The van der Waals surface area contributed by atoms with Crippen LogP contribution in [0, 0.1) is 20.2 Å². The average Bonchev–Trinajstić information content (AvgIpc) is 4.09. The fourth-order valence-electron chi connectivity index (χ4n) is 8.54. The smallest absolute Gasteiger partial charge is 0.315 e. The molecule has 0 saturated carbocycles. The van der Waals surface area contributed by atoms with Crippen molar-refractivity contribution in [2.45, 2.75) is 134 Å². The Morgan fingerprint density at radius 1 is 0.559 bits per heavy atom. The first kappa shape index (κ1) is 52.4. The molecule has 0 spiro atoms. The minimum atomic E-state index is -0.625. The van der Waals surface area contributed by atoms with Gasteiger partial charge in [0.1, 0.15) is 11.1 Å². The Morgan fingerprint density at radius 2 is 0.956 bits per heavy atom. The summed E-state index contributed by atoms with van der Waals surface area (Å²) in [7, 11) is 2.35. The third kappa shape index (κ3) is 15.8. The minimum absolute atomic E-state index is 0.0103. The van der Waals surface area contributed by atoms with Crippen molar-refractivity contribution in [2.24, 2.45) is 0 Å². The highest BCUT2D eigenvalue weighted by atomic mass is 33.1. The van der Waals surface area contributed by atoms with Crippen LogP contribution in [0.15, 0.2) is 46.2 Å². The zero-order chi connectivity index (χ0) is 48.4. The number of nitro groups is 2. The van der Waals surface area contributed by atoms with E-state index in [1.54, 1.807) is 0 Å². The summed E-state index contributed by atoms with van der Waals surface area (Å²) < 4.78 is 0. The van der Waals surface area contributed by atoms with Crippen molar-refractivity contribution in [3.8, 4) is 0 Å². The van der Waals surface area contributed by atoms with Crippen molar-refractivity contribution < 1.29 is 38.6 Å². The fourth-order valence-corrected chi connectivity index (χ4v) is 13.6. The van der Waals surface area contributed by atoms with Gasteiger partial charge in [0.25, 0.3) is 23.2 Å². The largest absolute Gasteiger partial charge is 0.356 e. The van der Waals surface area contributed by atoms with Crippen molar-refractivity contribution in [3.63, 3.8) is 0 Å². The molecule has 8 N–H and O–H groups in total. The molecule has 4 fully saturated rings. The molecule has 370 valence electrons. The van der Waals surface area contributed by atoms with E-state index in [9.17, 15) is 49.0 Å². The molecular weight excluding hydrogens is 957 g/mol. The van der Waals surface area contributed by atoms with E-state index < -0.39 is 21.7 Å². The topological polar surface area (TPSA) is 285 Å². The van der Waals surface area contributed by atoms with Gasteiger partial charge in [-0.05, 0) is 88.5 Å². The Hall–Kier alpha value is -4.94. The highest BCUT2D eigenvalue weighted by Gasteiger charge is 2.43. The summed E-state index contributed by atoms with van der Waals surface area (Å²) in [6.45, 7) is 1.57. The average molecular weight is 1020 g/mol. The zero-order valence-corrected chi connectivity index (χ0v) is 40.9. The SMILES string of the molecule is O=C(CCCC[C@@H]1SC[C@@H]2NC(=O)N[C@@H]21)NCCCCCNC(=O)c1cc(SSc2ccc([N+](=O)[O-])c(C(=O)NCCCCCNC(=O)CCCC[C@@H]3SC[C@@H]4NC(=O)N[C@@H]43)c2)ccc1[N+](=O)[O-]. The van der Waals surface area contributed by atoms with Crippen LogP contribution in [0.5, 0.6) is 0 Å². The first-order valence-corrected chi connectivity index (χ1v) is 27.5. The van der Waals surface area contributed by atoms with Crippen LogP contribution in [0.2, 0.25) is 0 Å². The number of rotatable bonds is 29. The van der Waals surface area contributed by atoms with Gasteiger partial charge in [-0.3, -0.25) is 39.4 Å². The number of nitrogens with zero attached hydrogens (tertiary/aromatic N) is 2. The molecular formula is C44H60N10O10S4. The van der Waals surface area contributed by atoms with Crippen LogP contribution in [0.25, 0.3) is 0 Å². The maximum absolute atomic E-state index is 13.1. The molecule has 6 rings (SSSR count). The van der Waals surface area contributed by atoms with E-state index in [1.165, 1.54) is 58.0 Å². The van der Waals surface area contributed by atoms with Crippen LogP contribution in [0.3, 0.4) is 0 Å². The molecule has 4 heterocycles. The van der Waals surface area contributed by atoms with Gasteiger partial charge in [-0.2, -0.15) is 23.5 Å².